The van der Waals surface area contributed by atoms with Crippen molar-refractivity contribution in [2.45, 2.75) is 38.4 Å². The van der Waals surface area contributed by atoms with E-state index in [0.29, 0.717) is 16.8 Å². The van der Waals surface area contributed by atoms with Crippen LogP contribution in [0.5, 0.6) is 0 Å². The first-order valence-corrected chi connectivity index (χ1v) is 13.8. The number of urea groups is 1. The van der Waals surface area contributed by atoms with Crippen molar-refractivity contribution < 1.29 is 22.8 Å². The summed E-state index contributed by atoms with van der Waals surface area (Å²) in [5.74, 6) is -0.416. The summed E-state index contributed by atoms with van der Waals surface area (Å²) in [5, 5.41) is 18.1. The van der Waals surface area contributed by atoms with E-state index < -0.39 is 23.7 Å². The molecule has 13 heteroatoms. The van der Waals surface area contributed by atoms with Crippen LogP contribution in [0.15, 0.2) is 77.3 Å². The van der Waals surface area contributed by atoms with Crippen LogP contribution in [0.2, 0.25) is 0 Å². The van der Waals surface area contributed by atoms with Gasteiger partial charge in [-0.05, 0) is 90.1 Å². The minimum atomic E-state index is -4.58. The second kappa shape index (κ2) is 12.6. The summed E-state index contributed by atoms with van der Waals surface area (Å²) in [4.78, 5) is 27.5. The lowest BCUT2D eigenvalue weighted by atomic mass is 9.93. The smallest absolute Gasteiger partial charge is 0.307 e. The van der Waals surface area contributed by atoms with Gasteiger partial charge in [-0.15, -0.1) is 5.10 Å². The van der Waals surface area contributed by atoms with Gasteiger partial charge < -0.3 is 5.32 Å². The van der Waals surface area contributed by atoms with Gasteiger partial charge in [0.15, 0.2) is 0 Å². The molecular weight excluding hydrogens is 615 g/mol. The van der Waals surface area contributed by atoms with Gasteiger partial charge in [-0.25, -0.2) is 4.79 Å². The molecule has 3 amide bonds. The second-order valence-electron chi connectivity index (χ2n) is 9.65. The number of nitrogens with one attached hydrogen (secondary N) is 3. The monoisotopic (exact) mass is 639 g/mol. The number of benzene rings is 3. The van der Waals surface area contributed by atoms with Crippen molar-refractivity contribution in [3.8, 4) is 0 Å². The molecule has 0 radical (unpaired) electrons. The molecule has 0 unspecified atom stereocenters. The van der Waals surface area contributed by atoms with E-state index >= 15 is 0 Å². The lowest BCUT2D eigenvalue weighted by Crippen LogP contribution is -2.34. The summed E-state index contributed by atoms with van der Waals surface area (Å²) in [5.41, 5.74) is 2.99. The molecule has 0 spiro atoms. The van der Waals surface area contributed by atoms with Gasteiger partial charge in [0.1, 0.15) is 0 Å². The predicted molar refractivity (Wildman–Crippen MR) is 156 cm³/mol. The van der Waals surface area contributed by atoms with E-state index in [-0.39, 0.29) is 22.7 Å². The molecule has 9 nitrogen and oxygen atoms in total. The zero-order valence-corrected chi connectivity index (χ0v) is 23.7. The Morgan fingerprint density at radius 2 is 1.74 bits per heavy atom. The number of carbonyl (C=O) groups excluding carboxylic acids is 2. The van der Waals surface area contributed by atoms with Crippen molar-refractivity contribution >= 4 is 50.8 Å². The van der Waals surface area contributed by atoms with Gasteiger partial charge in [0, 0.05) is 21.4 Å². The van der Waals surface area contributed by atoms with E-state index in [1.54, 1.807) is 24.3 Å². The molecule has 3 N–H and O–H groups in total. The number of carbonyl (C=O) groups is 2. The molecule has 1 aliphatic carbocycles. The highest BCUT2D eigenvalue weighted by molar-refractivity contribution is 9.10. The lowest BCUT2D eigenvalue weighted by Gasteiger charge is -2.24. The van der Waals surface area contributed by atoms with Gasteiger partial charge in [0.2, 0.25) is 0 Å². The molecule has 42 heavy (non-hydrogen) atoms. The van der Waals surface area contributed by atoms with E-state index in [4.69, 9.17) is 0 Å². The number of hydrogen-bond donors (Lipinski definition) is 3. The third-order valence-electron chi connectivity index (χ3n) is 6.69. The highest BCUT2D eigenvalue weighted by atomic mass is 79.9. The number of hydrogen-bond acceptors (Lipinski definition) is 5. The largest absolute Gasteiger partial charge is 0.416 e. The highest BCUT2D eigenvalue weighted by Crippen LogP contribution is 2.34. The Labute approximate surface area is 247 Å². The van der Waals surface area contributed by atoms with Crippen molar-refractivity contribution in [2.24, 2.45) is 0 Å². The Kier molecular flexibility index (Phi) is 8.67. The van der Waals surface area contributed by atoms with E-state index in [9.17, 15) is 22.8 Å². The summed E-state index contributed by atoms with van der Waals surface area (Å²) in [6, 6.07) is 16.7. The normalized spacial score (nSPS) is 13.3. The minimum absolute atomic E-state index is 0.0100. The molecule has 1 aromatic heterocycles. The number of allylic oxidation sites excluding steroid dienone is 2. The predicted octanol–water partition coefficient (Wildman–Crippen LogP) is 7.43. The zero-order chi connectivity index (χ0) is 29.7. The van der Waals surface area contributed by atoms with Crippen molar-refractivity contribution in [1.82, 2.24) is 20.6 Å². The van der Waals surface area contributed by atoms with Crippen LogP contribution in [0.25, 0.3) is 5.57 Å². The molecule has 1 heterocycles. The number of halogens is 4. The van der Waals surface area contributed by atoms with E-state index in [0.717, 1.165) is 37.0 Å². The van der Waals surface area contributed by atoms with E-state index in [1.807, 2.05) is 24.3 Å². The summed E-state index contributed by atoms with van der Waals surface area (Å²) in [6.45, 7) is 0.0841. The minimum Gasteiger partial charge on any atom is -0.307 e. The van der Waals surface area contributed by atoms with Crippen molar-refractivity contribution in [2.75, 3.05) is 15.5 Å². The number of aromatic nitrogens is 4. The molecule has 1 aliphatic rings. The number of alkyl halides is 3. The average molecular weight is 640 g/mol. The van der Waals surface area contributed by atoms with Crippen LogP contribution in [-0.2, 0) is 12.7 Å². The first-order chi connectivity index (χ1) is 20.2. The molecule has 0 bridgehead atoms. The average Bonchev–Trinajstić information content (AvgIpc) is 3.49. The molecule has 5 rings (SSSR count). The Morgan fingerprint density at radius 1 is 0.976 bits per heavy atom. The van der Waals surface area contributed by atoms with Crippen LogP contribution in [0.1, 0.15) is 52.7 Å². The van der Waals surface area contributed by atoms with E-state index in [1.165, 1.54) is 23.0 Å². The fourth-order valence-corrected chi connectivity index (χ4v) is 5.08. The molecular formula is C29H25BrF3N7O2. The Morgan fingerprint density at radius 3 is 2.38 bits per heavy atom. The molecule has 0 saturated carbocycles. The Bertz CT molecular complexity index is 1590. The summed E-state index contributed by atoms with van der Waals surface area (Å²) >= 11 is 3.10. The number of H-pyrrole nitrogens is 1. The van der Waals surface area contributed by atoms with Crippen LogP contribution < -0.4 is 15.5 Å². The maximum absolute atomic E-state index is 13.5. The summed E-state index contributed by atoms with van der Waals surface area (Å²) in [7, 11) is 0. The first kappa shape index (κ1) is 29.0. The molecule has 0 fully saturated rings. The molecule has 0 atom stereocenters. The number of anilines is 3. The third kappa shape index (κ3) is 7.21. The van der Waals surface area contributed by atoms with Crippen LogP contribution in [0.4, 0.5) is 35.3 Å². The molecule has 3 aromatic carbocycles. The van der Waals surface area contributed by atoms with E-state index in [2.05, 4.69) is 53.3 Å². The lowest BCUT2D eigenvalue weighted by molar-refractivity contribution is -0.137. The first-order valence-electron chi connectivity index (χ1n) is 13.1. The van der Waals surface area contributed by atoms with Crippen LogP contribution in [0.3, 0.4) is 0 Å². The molecule has 216 valence electrons. The van der Waals surface area contributed by atoms with Gasteiger partial charge >= 0.3 is 12.2 Å². The zero-order valence-electron chi connectivity index (χ0n) is 22.1. The van der Waals surface area contributed by atoms with Crippen LogP contribution in [0, 0.1) is 0 Å². The van der Waals surface area contributed by atoms with Crippen LogP contribution >= 0.6 is 15.9 Å². The summed E-state index contributed by atoms with van der Waals surface area (Å²) < 4.78 is 40.4. The quantitative estimate of drug-likeness (QED) is 0.194. The Balaban J connectivity index is 1.39. The maximum atomic E-state index is 13.5. The van der Waals surface area contributed by atoms with Gasteiger partial charge in [-0.2, -0.15) is 18.4 Å². The van der Waals surface area contributed by atoms with Gasteiger partial charge in [0.05, 0.1) is 12.1 Å². The maximum Gasteiger partial charge on any atom is 0.416 e. The molecule has 0 saturated heterocycles. The third-order valence-corrected chi connectivity index (χ3v) is 7.15. The highest BCUT2D eigenvalue weighted by Gasteiger charge is 2.31. The topological polar surface area (TPSA) is 116 Å². The Hall–Kier alpha value is -4.52. The van der Waals surface area contributed by atoms with Gasteiger partial charge in [-0.1, -0.05) is 51.4 Å². The standard InChI is InChI=1S/C29H25BrF3N7O2/c30-23-14-22(29(31,32)33)15-24(16-23)34-28(42)40(25-12-10-20(11-13-25)19-4-2-1-3-5-19)17-18-6-8-21(9-7-18)26(41)35-27-36-38-39-37-27/h4,6-16H,1-3,5,17H2,(H,34,42)(H2,35,36,37,38,39,41). The number of tetrazole rings is 1. The van der Waals surface area contributed by atoms with Gasteiger partial charge in [0.25, 0.3) is 11.9 Å². The number of rotatable bonds is 7. The number of amides is 3. The van der Waals surface area contributed by atoms with Crippen molar-refractivity contribution in [3.05, 3.63) is 99.5 Å². The summed E-state index contributed by atoms with van der Waals surface area (Å²) in [6.07, 6.45) is 1.95. The fraction of sp³-hybridized carbons (Fsp3) is 0.207. The van der Waals surface area contributed by atoms with Crippen molar-refractivity contribution in [3.63, 3.8) is 0 Å². The van der Waals surface area contributed by atoms with Gasteiger partial charge in [-0.3, -0.25) is 15.0 Å². The molecule has 4 aromatic rings. The number of aromatic amines is 1. The number of nitrogens with zero attached hydrogens (tertiary/aromatic N) is 4. The second-order valence-corrected chi connectivity index (χ2v) is 10.6. The van der Waals surface area contributed by atoms with Crippen molar-refractivity contribution in [1.29, 1.82) is 0 Å². The molecule has 0 aliphatic heterocycles. The SMILES string of the molecule is O=C(Nc1nn[nH]n1)c1ccc(CN(C(=O)Nc2cc(Br)cc(C(F)(F)F)c2)c2ccc(C3=CCCCC3)cc2)cc1. The van der Waals surface area contributed by atoms with Crippen LogP contribution in [-0.4, -0.2) is 32.6 Å². The fourth-order valence-electron chi connectivity index (χ4n) is 4.59.